The van der Waals surface area contributed by atoms with Gasteiger partial charge in [0.15, 0.2) is 0 Å². The molecule has 2 rings (SSSR count). The first-order valence-electron chi connectivity index (χ1n) is 4.88. The molecule has 0 aliphatic heterocycles. The first kappa shape index (κ1) is 11.1. The van der Waals surface area contributed by atoms with Gasteiger partial charge in [-0.05, 0) is 6.92 Å². The van der Waals surface area contributed by atoms with Gasteiger partial charge in [-0.2, -0.15) is 20.5 Å². The number of rotatable bonds is 3. The zero-order valence-corrected chi connectivity index (χ0v) is 9.86. The van der Waals surface area contributed by atoms with E-state index in [4.69, 9.17) is 17.3 Å². The number of halogens is 1. The topological polar surface area (TPSA) is 85.4 Å². The monoisotopic (exact) mass is 240 g/mol. The Kier molecular flexibility index (Phi) is 2.93. The minimum atomic E-state index is -0.231. The van der Waals surface area contributed by atoms with Gasteiger partial charge in [-0.3, -0.25) is 4.68 Å². The smallest absolute Gasteiger partial charge is 0.0995 e. The van der Waals surface area contributed by atoms with E-state index in [1.165, 1.54) is 0 Å². The molecule has 0 spiro atoms. The average molecular weight is 241 g/mol. The summed E-state index contributed by atoms with van der Waals surface area (Å²) in [4.78, 5) is 0. The molecule has 2 heterocycles. The predicted octanol–water partition coefficient (Wildman–Crippen LogP) is 0.743. The molecule has 0 aliphatic carbocycles. The molecule has 7 heteroatoms. The molecule has 2 aromatic rings. The Bertz CT molecular complexity index is 474. The minimum absolute atomic E-state index is 0.231. The summed E-state index contributed by atoms with van der Waals surface area (Å²) in [5.41, 5.74) is 8.44. The van der Waals surface area contributed by atoms with E-state index in [1.807, 2.05) is 14.0 Å². The second-order valence-electron chi connectivity index (χ2n) is 3.68. The zero-order chi connectivity index (χ0) is 11.7. The van der Waals surface area contributed by atoms with Gasteiger partial charge in [-0.15, -0.1) is 0 Å². The summed E-state index contributed by atoms with van der Waals surface area (Å²) in [6.45, 7) is 1.87. The quantitative estimate of drug-likeness (QED) is 0.829. The molecule has 0 fully saturated rings. The Morgan fingerprint density at radius 2 is 2.38 bits per heavy atom. The maximum absolute atomic E-state index is 6.14. The Balaban J connectivity index is 2.21. The number of nitrogens with two attached hydrogens (primary N) is 1. The van der Waals surface area contributed by atoms with E-state index >= 15 is 0 Å². The number of hydrogen-bond donors (Lipinski definition) is 2. The molecule has 0 aliphatic rings. The van der Waals surface area contributed by atoms with Crippen LogP contribution in [-0.2, 0) is 13.5 Å². The molecule has 3 N–H and O–H groups in total. The van der Waals surface area contributed by atoms with E-state index in [0.29, 0.717) is 11.4 Å². The van der Waals surface area contributed by atoms with E-state index in [1.54, 1.807) is 10.9 Å². The van der Waals surface area contributed by atoms with Crippen molar-refractivity contribution in [1.29, 1.82) is 0 Å². The van der Waals surface area contributed by atoms with E-state index in [2.05, 4.69) is 20.5 Å². The molecule has 0 saturated heterocycles. The van der Waals surface area contributed by atoms with Crippen LogP contribution in [0.5, 0.6) is 0 Å². The summed E-state index contributed by atoms with van der Waals surface area (Å²) < 4.78 is 1.75. The van der Waals surface area contributed by atoms with Crippen molar-refractivity contribution in [3.05, 3.63) is 28.3 Å². The maximum Gasteiger partial charge on any atom is 0.0995 e. The SMILES string of the molecule is Cc1nn(C)c(CC(N)c2cn[nH]n2)c1Cl. The van der Waals surface area contributed by atoms with Crippen molar-refractivity contribution in [2.24, 2.45) is 12.8 Å². The molecular formula is C9H13ClN6. The second-order valence-corrected chi connectivity index (χ2v) is 4.05. The largest absolute Gasteiger partial charge is 0.322 e. The summed E-state index contributed by atoms with van der Waals surface area (Å²) in [5, 5.41) is 15.1. The predicted molar refractivity (Wildman–Crippen MR) is 60.0 cm³/mol. The number of aromatic nitrogens is 5. The van der Waals surface area contributed by atoms with Crippen LogP contribution in [0.1, 0.15) is 23.1 Å². The van der Waals surface area contributed by atoms with Gasteiger partial charge in [0, 0.05) is 13.5 Å². The fourth-order valence-electron chi connectivity index (χ4n) is 1.60. The van der Waals surface area contributed by atoms with Gasteiger partial charge in [0.1, 0.15) is 0 Å². The van der Waals surface area contributed by atoms with Crippen molar-refractivity contribution in [3.8, 4) is 0 Å². The highest BCUT2D eigenvalue weighted by Crippen LogP contribution is 2.23. The molecular weight excluding hydrogens is 228 g/mol. The molecule has 86 valence electrons. The molecule has 0 amide bonds. The van der Waals surface area contributed by atoms with Crippen molar-refractivity contribution in [2.75, 3.05) is 0 Å². The minimum Gasteiger partial charge on any atom is -0.322 e. The van der Waals surface area contributed by atoms with E-state index < -0.39 is 0 Å². The highest BCUT2D eigenvalue weighted by atomic mass is 35.5. The molecule has 16 heavy (non-hydrogen) atoms. The Hall–Kier alpha value is -1.40. The molecule has 0 bridgehead atoms. The van der Waals surface area contributed by atoms with Crippen LogP contribution in [0.15, 0.2) is 6.20 Å². The maximum atomic E-state index is 6.14. The Morgan fingerprint density at radius 1 is 1.62 bits per heavy atom. The van der Waals surface area contributed by atoms with Gasteiger partial charge in [0.05, 0.1) is 34.3 Å². The van der Waals surface area contributed by atoms with Crippen LogP contribution in [0.25, 0.3) is 0 Å². The van der Waals surface area contributed by atoms with Gasteiger partial charge < -0.3 is 5.73 Å². The fraction of sp³-hybridized carbons (Fsp3) is 0.444. The lowest BCUT2D eigenvalue weighted by Gasteiger charge is -2.08. The highest BCUT2D eigenvalue weighted by Gasteiger charge is 2.17. The normalized spacial score (nSPS) is 13.0. The van der Waals surface area contributed by atoms with Crippen LogP contribution in [0, 0.1) is 6.92 Å². The summed E-state index contributed by atoms with van der Waals surface area (Å²) >= 11 is 6.14. The molecule has 1 unspecified atom stereocenters. The molecule has 0 aromatic carbocycles. The van der Waals surface area contributed by atoms with Crippen LogP contribution in [0.3, 0.4) is 0 Å². The van der Waals surface area contributed by atoms with Gasteiger partial charge in [-0.25, -0.2) is 0 Å². The summed E-state index contributed by atoms with van der Waals surface area (Å²) in [7, 11) is 1.85. The van der Waals surface area contributed by atoms with Gasteiger partial charge in [-0.1, -0.05) is 11.6 Å². The van der Waals surface area contributed by atoms with Crippen LogP contribution in [0.2, 0.25) is 5.02 Å². The third-order valence-electron chi connectivity index (χ3n) is 2.49. The average Bonchev–Trinajstić information content (AvgIpc) is 2.83. The number of nitrogens with one attached hydrogen (secondary N) is 1. The molecule has 2 aromatic heterocycles. The summed E-state index contributed by atoms with van der Waals surface area (Å²) in [5.74, 6) is 0. The highest BCUT2D eigenvalue weighted by molar-refractivity contribution is 6.31. The molecule has 1 atom stereocenters. The van der Waals surface area contributed by atoms with Crippen LogP contribution in [-0.4, -0.2) is 25.2 Å². The Labute approximate surface area is 97.8 Å². The van der Waals surface area contributed by atoms with Crippen LogP contribution >= 0.6 is 11.6 Å². The zero-order valence-electron chi connectivity index (χ0n) is 9.11. The lowest BCUT2D eigenvalue weighted by Crippen LogP contribution is -2.16. The molecule has 6 nitrogen and oxygen atoms in total. The number of aromatic amines is 1. The number of H-pyrrole nitrogens is 1. The van der Waals surface area contributed by atoms with E-state index in [9.17, 15) is 0 Å². The third-order valence-corrected chi connectivity index (χ3v) is 2.98. The summed E-state index contributed by atoms with van der Waals surface area (Å²) in [6, 6.07) is -0.231. The lowest BCUT2D eigenvalue weighted by atomic mass is 10.1. The second kappa shape index (κ2) is 4.23. The summed E-state index contributed by atoms with van der Waals surface area (Å²) in [6.07, 6.45) is 2.20. The fourth-order valence-corrected chi connectivity index (χ4v) is 1.84. The van der Waals surface area contributed by atoms with E-state index in [0.717, 1.165) is 17.1 Å². The first-order chi connectivity index (χ1) is 7.59. The van der Waals surface area contributed by atoms with Crippen molar-refractivity contribution in [1.82, 2.24) is 25.2 Å². The number of hydrogen-bond acceptors (Lipinski definition) is 4. The van der Waals surface area contributed by atoms with Crippen molar-refractivity contribution in [2.45, 2.75) is 19.4 Å². The van der Waals surface area contributed by atoms with Gasteiger partial charge >= 0.3 is 0 Å². The lowest BCUT2D eigenvalue weighted by molar-refractivity contribution is 0.627. The number of nitrogens with zero attached hydrogens (tertiary/aromatic N) is 4. The van der Waals surface area contributed by atoms with E-state index in [-0.39, 0.29) is 6.04 Å². The molecule has 0 radical (unpaired) electrons. The standard InChI is InChI=1S/C9H13ClN6/c1-5-9(10)8(16(2)14-5)3-6(11)7-4-12-15-13-7/h4,6H,3,11H2,1-2H3,(H,12,13,15). The Morgan fingerprint density at radius 3 is 2.88 bits per heavy atom. The first-order valence-corrected chi connectivity index (χ1v) is 5.26. The molecule has 0 saturated carbocycles. The van der Waals surface area contributed by atoms with Crippen LogP contribution in [0.4, 0.5) is 0 Å². The third kappa shape index (κ3) is 1.94. The van der Waals surface area contributed by atoms with Crippen LogP contribution < -0.4 is 5.73 Å². The number of aryl methyl sites for hydroxylation is 2. The van der Waals surface area contributed by atoms with Crippen molar-refractivity contribution < 1.29 is 0 Å². The van der Waals surface area contributed by atoms with Gasteiger partial charge in [0.25, 0.3) is 0 Å². The van der Waals surface area contributed by atoms with Crippen molar-refractivity contribution in [3.63, 3.8) is 0 Å². The van der Waals surface area contributed by atoms with Crippen molar-refractivity contribution >= 4 is 11.6 Å². The van der Waals surface area contributed by atoms with Gasteiger partial charge in [0.2, 0.25) is 0 Å².